The van der Waals surface area contributed by atoms with E-state index in [1.54, 1.807) is 0 Å². The van der Waals surface area contributed by atoms with Crippen molar-refractivity contribution in [2.24, 2.45) is 11.3 Å². The Morgan fingerprint density at radius 3 is 2.56 bits per heavy atom. The van der Waals surface area contributed by atoms with Crippen LogP contribution in [-0.4, -0.2) is 59.0 Å². The molecule has 0 bridgehead atoms. The molecule has 1 amide bonds. The molecular weight excluding hydrogens is 532 g/mol. The van der Waals surface area contributed by atoms with Crippen molar-refractivity contribution in [3.8, 4) is 0 Å². The number of nitrogens with zero attached hydrogens (tertiary/aromatic N) is 2. The number of nitrogens with one attached hydrogen (secondary N) is 2. The van der Waals surface area contributed by atoms with Crippen LogP contribution in [0.25, 0.3) is 10.9 Å². The topological polar surface area (TPSA) is 79.4 Å². The molecule has 1 aromatic carbocycles. The highest BCUT2D eigenvalue weighted by Gasteiger charge is 2.46. The molecule has 1 saturated carbocycles. The second kappa shape index (κ2) is 11.6. The lowest BCUT2D eigenvalue weighted by atomic mass is 9.71. The smallest absolute Gasteiger partial charge is 0.254 e. The number of fused-ring (bicyclic) bond motifs is 1. The molecular formula is C33H44N4O3S. The van der Waals surface area contributed by atoms with Crippen LogP contribution in [-0.2, 0) is 11.3 Å². The predicted octanol–water partition coefficient (Wildman–Crippen LogP) is 5.83. The van der Waals surface area contributed by atoms with Gasteiger partial charge < -0.3 is 19.6 Å². The van der Waals surface area contributed by atoms with Crippen molar-refractivity contribution in [2.75, 3.05) is 32.6 Å². The van der Waals surface area contributed by atoms with E-state index in [-0.39, 0.29) is 18.0 Å². The molecule has 220 valence electrons. The summed E-state index contributed by atoms with van der Waals surface area (Å²) in [5.41, 5.74) is 4.66. The maximum Gasteiger partial charge on any atom is 0.254 e. The van der Waals surface area contributed by atoms with Crippen molar-refractivity contribution in [3.63, 3.8) is 0 Å². The molecule has 8 heteroatoms. The second-order valence-electron chi connectivity index (χ2n) is 12.7. The predicted molar refractivity (Wildman–Crippen MR) is 166 cm³/mol. The van der Waals surface area contributed by atoms with Gasteiger partial charge in [-0.05, 0) is 83.6 Å². The zero-order valence-electron chi connectivity index (χ0n) is 24.9. The van der Waals surface area contributed by atoms with Gasteiger partial charge in [0.25, 0.3) is 11.5 Å². The van der Waals surface area contributed by atoms with Crippen LogP contribution in [0, 0.1) is 25.2 Å². The Kier molecular flexibility index (Phi) is 8.09. The molecule has 41 heavy (non-hydrogen) atoms. The number of para-hydroxylation sites is 1. The van der Waals surface area contributed by atoms with E-state index in [1.807, 2.05) is 25.3 Å². The van der Waals surface area contributed by atoms with Gasteiger partial charge in [-0.1, -0.05) is 18.2 Å². The average Bonchev–Trinajstić information content (AvgIpc) is 3.26. The first-order chi connectivity index (χ1) is 19.8. The molecule has 1 unspecified atom stereocenters. The zero-order valence-corrected chi connectivity index (χ0v) is 25.7. The van der Waals surface area contributed by atoms with Crippen LogP contribution in [0.15, 0.2) is 40.0 Å². The molecule has 0 radical (unpaired) electrons. The maximum atomic E-state index is 13.7. The highest BCUT2D eigenvalue weighted by Crippen LogP contribution is 2.45. The van der Waals surface area contributed by atoms with Gasteiger partial charge in [-0.2, -0.15) is 0 Å². The number of carbonyl (C=O) groups is 1. The normalized spacial score (nSPS) is 23.4. The summed E-state index contributed by atoms with van der Waals surface area (Å²) in [4.78, 5) is 32.8. The number of hydrogen-bond acceptors (Lipinski definition) is 5. The fraction of sp³-hybridized carbons (Fsp3) is 0.576. The lowest BCUT2D eigenvalue weighted by Crippen LogP contribution is -2.61. The lowest BCUT2D eigenvalue weighted by Gasteiger charge is -2.56. The van der Waals surface area contributed by atoms with Crippen LogP contribution < -0.4 is 10.9 Å². The van der Waals surface area contributed by atoms with Crippen molar-refractivity contribution in [2.45, 2.75) is 82.8 Å². The van der Waals surface area contributed by atoms with E-state index >= 15 is 0 Å². The highest BCUT2D eigenvalue weighted by atomic mass is 32.2. The van der Waals surface area contributed by atoms with Crippen LogP contribution in [0.1, 0.15) is 78.8 Å². The molecule has 3 aliphatic rings. The van der Waals surface area contributed by atoms with Crippen LogP contribution in [0.2, 0.25) is 0 Å². The van der Waals surface area contributed by atoms with Crippen molar-refractivity contribution in [3.05, 3.63) is 63.2 Å². The third kappa shape index (κ3) is 5.39. The monoisotopic (exact) mass is 576 g/mol. The number of hydrogen-bond donors (Lipinski definition) is 2. The van der Waals surface area contributed by atoms with Crippen molar-refractivity contribution < 1.29 is 9.53 Å². The molecule has 3 aromatic rings. The molecule has 2 saturated heterocycles. The van der Waals surface area contributed by atoms with Gasteiger partial charge in [-0.3, -0.25) is 14.5 Å². The quantitative estimate of drug-likeness (QED) is 0.346. The number of rotatable bonds is 7. The molecule has 4 heterocycles. The number of benzene rings is 1. The number of pyridine rings is 1. The highest BCUT2D eigenvalue weighted by molar-refractivity contribution is 7.98. The standard InChI is InChI=1S/C33H44N4O3S/c1-21-17-29(41-4)27(31(38)35-21)18-34-32(39)30-23(3)37(28-8-6-5-7-26(28)30)22(2)24-9-11-25(12-10-24)36-19-33(20-36)13-15-40-16-14-33/h5-8,17,22,24-25H,9-16,18-20H2,1-4H3,(H,34,39)(H,35,38). The number of aromatic amines is 1. The van der Waals surface area contributed by atoms with Gasteiger partial charge in [0, 0.05) is 83.1 Å². The van der Waals surface area contributed by atoms with Crippen LogP contribution in [0.4, 0.5) is 0 Å². The van der Waals surface area contributed by atoms with Crippen LogP contribution >= 0.6 is 11.8 Å². The van der Waals surface area contributed by atoms with Crippen LogP contribution in [0.5, 0.6) is 0 Å². The van der Waals surface area contributed by atoms with Gasteiger partial charge in [0.05, 0.1) is 5.56 Å². The van der Waals surface area contributed by atoms with E-state index in [2.05, 4.69) is 51.8 Å². The van der Waals surface area contributed by atoms with E-state index in [0.717, 1.165) is 46.0 Å². The third-order valence-corrected chi connectivity index (χ3v) is 11.0. The number of aryl methyl sites for hydroxylation is 1. The summed E-state index contributed by atoms with van der Waals surface area (Å²) in [5.74, 6) is 0.463. The Labute approximate surface area is 247 Å². The Hall–Kier alpha value is -2.55. The van der Waals surface area contributed by atoms with Gasteiger partial charge in [0.1, 0.15) is 0 Å². The van der Waals surface area contributed by atoms with E-state index in [9.17, 15) is 9.59 Å². The minimum Gasteiger partial charge on any atom is -0.381 e. The Morgan fingerprint density at radius 1 is 1.15 bits per heavy atom. The third-order valence-electron chi connectivity index (χ3n) is 10.2. The SMILES string of the molecule is CSc1cc(C)[nH]c(=O)c1CNC(=O)c1c(C)n(C(C)C2CCC(N3CC4(CCOCC4)C3)CC2)c2ccccc12. The van der Waals surface area contributed by atoms with Gasteiger partial charge in [-0.25, -0.2) is 0 Å². The summed E-state index contributed by atoms with van der Waals surface area (Å²) in [6.45, 7) is 10.9. The van der Waals surface area contributed by atoms with Gasteiger partial charge in [0.2, 0.25) is 0 Å². The zero-order chi connectivity index (χ0) is 28.7. The molecule has 1 aliphatic carbocycles. The number of ether oxygens (including phenoxy) is 1. The molecule has 7 nitrogen and oxygen atoms in total. The lowest BCUT2D eigenvalue weighted by molar-refractivity contribution is -0.104. The van der Waals surface area contributed by atoms with Crippen molar-refractivity contribution >= 4 is 28.6 Å². The van der Waals surface area contributed by atoms with Crippen LogP contribution in [0.3, 0.4) is 0 Å². The summed E-state index contributed by atoms with van der Waals surface area (Å²) >= 11 is 1.53. The molecule has 6 rings (SSSR count). The Morgan fingerprint density at radius 2 is 1.85 bits per heavy atom. The molecule has 2 N–H and O–H groups in total. The number of H-pyrrole nitrogens is 1. The Bertz CT molecular complexity index is 1470. The van der Waals surface area contributed by atoms with Gasteiger partial charge in [0.15, 0.2) is 0 Å². The summed E-state index contributed by atoms with van der Waals surface area (Å²) in [6, 6.07) is 11.3. The number of likely N-dealkylation sites (tertiary alicyclic amines) is 1. The number of aromatic nitrogens is 2. The summed E-state index contributed by atoms with van der Waals surface area (Å²) in [7, 11) is 0. The Balaban J connectivity index is 1.16. The molecule has 2 aromatic heterocycles. The first kappa shape index (κ1) is 28.6. The minimum atomic E-state index is -0.140. The second-order valence-corrected chi connectivity index (χ2v) is 13.5. The van der Waals surface area contributed by atoms with Crippen molar-refractivity contribution in [1.29, 1.82) is 0 Å². The fourth-order valence-corrected chi connectivity index (χ4v) is 8.56. The summed E-state index contributed by atoms with van der Waals surface area (Å²) in [5, 5.41) is 4.05. The average molecular weight is 577 g/mol. The molecule has 3 fully saturated rings. The van der Waals surface area contributed by atoms with Gasteiger partial charge >= 0.3 is 0 Å². The first-order valence-corrected chi connectivity index (χ1v) is 16.5. The summed E-state index contributed by atoms with van der Waals surface area (Å²) in [6.07, 6.45) is 9.38. The van der Waals surface area contributed by atoms with E-state index < -0.39 is 0 Å². The molecule has 2 aliphatic heterocycles. The van der Waals surface area contributed by atoms with Gasteiger partial charge in [-0.15, -0.1) is 11.8 Å². The minimum absolute atomic E-state index is 0.125. The number of carbonyl (C=O) groups excluding carboxylic acids is 1. The van der Waals surface area contributed by atoms with Crippen molar-refractivity contribution in [1.82, 2.24) is 19.8 Å². The first-order valence-electron chi connectivity index (χ1n) is 15.3. The van der Waals surface area contributed by atoms with E-state index in [1.165, 1.54) is 63.4 Å². The number of thioether (sulfide) groups is 1. The van der Waals surface area contributed by atoms with E-state index in [0.29, 0.717) is 29.0 Å². The molecule has 1 spiro atoms. The molecule has 1 atom stereocenters. The summed E-state index contributed by atoms with van der Waals surface area (Å²) < 4.78 is 8.02. The largest absolute Gasteiger partial charge is 0.381 e. The van der Waals surface area contributed by atoms with E-state index in [4.69, 9.17) is 4.74 Å². The number of amides is 1. The maximum absolute atomic E-state index is 13.7. The fourth-order valence-electron chi connectivity index (χ4n) is 7.85.